The van der Waals surface area contributed by atoms with Crippen molar-refractivity contribution in [1.82, 2.24) is 9.80 Å². The minimum atomic E-state index is 0.0965. The molecular weight excluding hydrogens is 486 g/mol. The zero-order chi connectivity index (χ0) is 27.6. The van der Waals surface area contributed by atoms with E-state index in [1.54, 1.807) is 14.2 Å². The maximum atomic E-state index is 12.8. The molecule has 1 saturated heterocycles. The molecule has 0 aliphatic carbocycles. The molecule has 1 heterocycles. The fourth-order valence-corrected chi connectivity index (χ4v) is 5.56. The standard InChI is InChI=1S/C33H43N3O3/c1-5-35(6-2)33(37)27-15-17-29(18-16-27)36(28-12-8-7-9-13-28)30-20-23-34(24-21-30)22-10-11-26-14-19-31(38-3)32(25-26)39-4/h7-9,12-19,25,30H,5-6,10-11,20-24H2,1-4H3. The minimum Gasteiger partial charge on any atom is -0.493 e. The topological polar surface area (TPSA) is 45.3 Å². The number of hydrogen-bond donors (Lipinski definition) is 0. The lowest BCUT2D eigenvalue weighted by Crippen LogP contribution is -2.43. The number of amides is 1. The largest absolute Gasteiger partial charge is 0.493 e. The highest BCUT2D eigenvalue weighted by Gasteiger charge is 2.26. The molecule has 0 spiro atoms. The van der Waals surface area contributed by atoms with E-state index in [0.29, 0.717) is 6.04 Å². The van der Waals surface area contributed by atoms with Gasteiger partial charge in [0.15, 0.2) is 11.5 Å². The lowest BCUT2D eigenvalue weighted by molar-refractivity contribution is 0.0773. The summed E-state index contributed by atoms with van der Waals surface area (Å²) in [5.74, 6) is 1.66. The highest BCUT2D eigenvalue weighted by Crippen LogP contribution is 2.33. The number of methoxy groups -OCH3 is 2. The number of para-hydroxylation sites is 1. The average Bonchev–Trinajstić information content (AvgIpc) is 2.99. The number of ether oxygens (including phenoxy) is 2. The molecule has 208 valence electrons. The van der Waals surface area contributed by atoms with Crippen LogP contribution < -0.4 is 14.4 Å². The number of piperidine rings is 1. The van der Waals surface area contributed by atoms with Crippen LogP contribution in [0.2, 0.25) is 0 Å². The highest BCUT2D eigenvalue weighted by molar-refractivity contribution is 5.94. The summed E-state index contributed by atoms with van der Waals surface area (Å²) in [7, 11) is 3.36. The van der Waals surface area contributed by atoms with Crippen LogP contribution in [0.25, 0.3) is 0 Å². The minimum absolute atomic E-state index is 0.0965. The van der Waals surface area contributed by atoms with Gasteiger partial charge in [0, 0.05) is 49.2 Å². The molecule has 1 amide bonds. The van der Waals surface area contributed by atoms with Gasteiger partial charge in [-0.3, -0.25) is 4.79 Å². The van der Waals surface area contributed by atoms with E-state index in [1.807, 2.05) is 36.9 Å². The first kappa shape index (κ1) is 28.5. The Morgan fingerprint density at radius 3 is 2.10 bits per heavy atom. The number of hydrogen-bond acceptors (Lipinski definition) is 5. The van der Waals surface area contributed by atoms with Crippen LogP contribution in [0.3, 0.4) is 0 Å². The maximum Gasteiger partial charge on any atom is 0.253 e. The Labute approximate surface area is 234 Å². The fourth-order valence-electron chi connectivity index (χ4n) is 5.56. The van der Waals surface area contributed by atoms with E-state index >= 15 is 0 Å². The van der Waals surface area contributed by atoms with E-state index in [0.717, 1.165) is 81.2 Å². The van der Waals surface area contributed by atoms with Gasteiger partial charge in [-0.05, 0) is 100 Å². The van der Waals surface area contributed by atoms with Crippen molar-refractivity contribution in [3.63, 3.8) is 0 Å². The summed E-state index contributed by atoms with van der Waals surface area (Å²) in [6, 6.07) is 25.4. The number of aryl methyl sites for hydroxylation is 1. The van der Waals surface area contributed by atoms with E-state index in [2.05, 4.69) is 64.4 Å². The summed E-state index contributed by atoms with van der Waals surface area (Å²) >= 11 is 0. The molecule has 0 radical (unpaired) electrons. The predicted molar refractivity (Wildman–Crippen MR) is 160 cm³/mol. The van der Waals surface area contributed by atoms with Gasteiger partial charge < -0.3 is 24.2 Å². The van der Waals surface area contributed by atoms with Gasteiger partial charge in [-0.25, -0.2) is 0 Å². The Morgan fingerprint density at radius 1 is 0.846 bits per heavy atom. The number of carbonyl (C=O) groups excluding carboxylic acids is 1. The number of rotatable bonds is 12. The number of anilines is 2. The van der Waals surface area contributed by atoms with Gasteiger partial charge in [-0.15, -0.1) is 0 Å². The first-order valence-electron chi connectivity index (χ1n) is 14.2. The van der Waals surface area contributed by atoms with Crippen LogP contribution in [0, 0.1) is 0 Å². The molecule has 0 atom stereocenters. The van der Waals surface area contributed by atoms with E-state index in [9.17, 15) is 4.79 Å². The van der Waals surface area contributed by atoms with Gasteiger partial charge in [-0.2, -0.15) is 0 Å². The zero-order valence-electron chi connectivity index (χ0n) is 23.9. The summed E-state index contributed by atoms with van der Waals surface area (Å²) in [5.41, 5.74) is 4.37. The number of benzene rings is 3. The fraction of sp³-hybridized carbons (Fsp3) is 0.424. The normalized spacial score (nSPS) is 14.2. The third-order valence-electron chi connectivity index (χ3n) is 7.79. The molecule has 0 aromatic heterocycles. The molecule has 0 bridgehead atoms. The molecule has 39 heavy (non-hydrogen) atoms. The third-order valence-corrected chi connectivity index (χ3v) is 7.79. The molecule has 4 rings (SSSR count). The third kappa shape index (κ3) is 7.12. The first-order valence-corrected chi connectivity index (χ1v) is 14.2. The van der Waals surface area contributed by atoms with E-state index in [-0.39, 0.29) is 5.91 Å². The van der Waals surface area contributed by atoms with Gasteiger partial charge in [0.2, 0.25) is 0 Å². The van der Waals surface area contributed by atoms with Gasteiger partial charge in [0.25, 0.3) is 5.91 Å². The lowest BCUT2D eigenvalue weighted by Gasteiger charge is -2.40. The summed E-state index contributed by atoms with van der Waals surface area (Å²) in [6.45, 7) is 8.75. The van der Waals surface area contributed by atoms with Crippen molar-refractivity contribution in [3.05, 3.63) is 83.9 Å². The average molecular weight is 530 g/mol. The maximum absolute atomic E-state index is 12.8. The summed E-state index contributed by atoms with van der Waals surface area (Å²) < 4.78 is 10.8. The lowest BCUT2D eigenvalue weighted by atomic mass is 10.00. The molecule has 1 aliphatic rings. The monoisotopic (exact) mass is 529 g/mol. The molecule has 3 aromatic carbocycles. The molecule has 6 nitrogen and oxygen atoms in total. The molecule has 0 unspecified atom stereocenters. The van der Waals surface area contributed by atoms with E-state index < -0.39 is 0 Å². The van der Waals surface area contributed by atoms with Crippen molar-refractivity contribution in [3.8, 4) is 11.5 Å². The van der Waals surface area contributed by atoms with Crippen LogP contribution in [0.5, 0.6) is 11.5 Å². The molecule has 3 aromatic rings. The van der Waals surface area contributed by atoms with Crippen molar-refractivity contribution < 1.29 is 14.3 Å². The molecular formula is C33H43N3O3. The second-order valence-electron chi connectivity index (χ2n) is 10.1. The van der Waals surface area contributed by atoms with Crippen molar-refractivity contribution in [2.45, 2.75) is 45.6 Å². The Balaban J connectivity index is 1.38. The molecule has 6 heteroatoms. The SMILES string of the molecule is CCN(CC)C(=O)c1ccc(N(c2ccccc2)C2CCN(CCCc3ccc(OC)c(OC)c3)CC2)cc1. The molecule has 0 saturated carbocycles. The van der Waals surface area contributed by atoms with E-state index in [1.165, 1.54) is 11.3 Å². The Hall–Kier alpha value is -3.51. The van der Waals surface area contributed by atoms with Crippen LogP contribution in [0.1, 0.15) is 49.0 Å². The van der Waals surface area contributed by atoms with E-state index in [4.69, 9.17) is 9.47 Å². The Bertz CT molecular complexity index is 1170. The highest BCUT2D eigenvalue weighted by atomic mass is 16.5. The number of carbonyl (C=O) groups is 1. The van der Waals surface area contributed by atoms with Crippen molar-refractivity contribution in [2.24, 2.45) is 0 Å². The van der Waals surface area contributed by atoms with Crippen LogP contribution in [0.4, 0.5) is 11.4 Å². The second kappa shape index (κ2) is 14.0. The van der Waals surface area contributed by atoms with Gasteiger partial charge in [0.05, 0.1) is 14.2 Å². The second-order valence-corrected chi connectivity index (χ2v) is 10.1. The summed E-state index contributed by atoms with van der Waals surface area (Å²) in [6.07, 6.45) is 4.34. The van der Waals surface area contributed by atoms with Gasteiger partial charge in [-0.1, -0.05) is 24.3 Å². The first-order chi connectivity index (χ1) is 19.1. The van der Waals surface area contributed by atoms with Crippen LogP contribution in [-0.2, 0) is 6.42 Å². The van der Waals surface area contributed by atoms with Crippen LogP contribution >= 0.6 is 0 Å². The molecule has 0 N–H and O–H groups in total. The van der Waals surface area contributed by atoms with Crippen LogP contribution in [-0.4, -0.2) is 68.7 Å². The summed E-state index contributed by atoms with van der Waals surface area (Å²) in [5, 5.41) is 0. The Kier molecular flexibility index (Phi) is 10.3. The van der Waals surface area contributed by atoms with Crippen molar-refractivity contribution >= 4 is 17.3 Å². The van der Waals surface area contributed by atoms with Crippen molar-refractivity contribution in [2.75, 3.05) is 51.8 Å². The molecule has 1 aliphatic heterocycles. The smallest absolute Gasteiger partial charge is 0.253 e. The van der Waals surface area contributed by atoms with Gasteiger partial charge in [0.1, 0.15) is 0 Å². The van der Waals surface area contributed by atoms with Crippen LogP contribution in [0.15, 0.2) is 72.8 Å². The number of nitrogens with zero attached hydrogens (tertiary/aromatic N) is 3. The Morgan fingerprint density at radius 2 is 1.49 bits per heavy atom. The number of likely N-dealkylation sites (tertiary alicyclic amines) is 1. The predicted octanol–water partition coefficient (Wildman–Crippen LogP) is 6.42. The quantitative estimate of drug-likeness (QED) is 0.271. The zero-order valence-corrected chi connectivity index (χ0v) is 23.9. The summed E-state index contributed by atoms with van der Waals surface area (Å²) in [4.78, 5) is 19.7. The van der Waals surface area contributed by atoms with Crippen molar-refractivity contribution in [1.29, 1.82) is 0 Å². The molecule has 1 fully saturated rings. The van der Waals surface area contributed by atoms with Gasteiger partial charge >= 0.3 is 0 Å².